The van der Waals surface area contributed by atoms with Crippen molar-refractivity contribution < 1.29 is 31.7 Å². The highest BCUT2D eigenvalue weighted by Crippen LogP contribution is 2.27. The summed E-state index contributed by atoms with van der Waals surface area (Å²) < 4.78 is 33.9. The van der Waals surface area contributed by atoms with Crippen LogP contribution in [0, 0.1) is 0 Å². The van der Waals surface area contributed by atoms with E-state index in [1.165, 1.54) is 0 Å². The van der Waals surface area contributed by atoms with Crippen molar-refractivity contribution in [2.24, 2.45) is 0 Å². The second-order valence-electron chi connectivity index (χ2n) is 4.89. The molecule has 0 N–H and O–H groups in total. The van der Waals surface area contributed by atoms with Gasteiger partial charge in [0.15, 0.2) is 0 Å². The SMILES string of the molecule is CO[Si](CCCOC(=O)N1CCC[Si]1(OC)OC)(OC)OC. The molecule has 0 unspecified atom stereocenters. The highest BCUT2D eigenvalue weighted by molar-refractivity contribution is 6.67. The van der Waals surface area contributed by atoms with Crippen molar-refractivity contribution >= 4 is 23.6 Å². The Kier molecular flexibility index (Phi) is 7.96. The second-order valence-corrected chi connectivity index (χ2v) is 11.3. The molecule has 10 heteroatoms. The smallest absolute Gasteiger partial charge is 0.450 e. The number of rotatable bonds is 9. The Labute approximate surface area is 134 Å². The van der Waals surface area contributed by atoms with Gasteiger partial charge in [0.1, 0.15) is 0 Å². The van der Waals surface area contributed by atoms with Crippen molar-refractivity contribution in [1.29, 1.82) is 0 Å². The lowest BCUT2D eigenvalue weighted by Gasteiger charge is -2.31. The maximum atomic E-state index is 12.2. The summed E-state index contributed by atoms with van der Waals surface area (Å²) in [7, 11) is 2.64. The van der Waals surface area contributed by atoms with Gasteiger partial charge in [-0.3, -0.25) is 4.57 Å². The van der Waals surface area contributed by atoms with Crippen LogP contribution in [0.2, 0.25) is 12.1 Å². The first kappa shape index (κ1) is 19.6. The summed E-state index contributed by atoms with van der Waals surface area (Å²) in [6, 6.07) is 1.35. The summed E-state index contributed by atoms with van der Waals surface area (Å²) in [5, 5.41) is 0. The third-order valence-electron chi connectivity index (χ3n) is 3.93. The first-order valence-electron chi connectivity index (χ1n) is 7.23. The fraction of sp³-hybridized carbons (Fsp3) is 0.917. The van der Waals surface area contributed by atoms with Crippen molar-refractivity contribution in [3.8, 4) is 0 Å². The molecule has 0 spiro atoms. The summed E-state index contributed by atoms with van der Waals surface area (Å²) in [6.07, 6.45) is 1.10. The summed E-state index contributed by atoms with van der Waals surface area (Å²) in [5.41, 5.74) is 0. The molecule has 0 aromatic rings. The lowest BCUT2D eigenvalue weighted by molar-refractivity contribution is 0.0979. The van der Waals surface area contributed by atoms with Gasteiger partial charge in [-0.05, 0) is 12.8 Å². The van der Waals surface area contributed by atoms with E-state index in [0.29, 0.717) is 19.0 Å². The minimum atomic E-state index is -2.61. The van der Waals surface area contributed by atoms with Crippen LogP contribution in [-0.2, 0) is 26.9 Å². The molecule has 1 fully saturated rings. The normalized spacial score (nSPS) is 17.8. The Balaban J connectivity index is 2.43. The Morgan fingerprint density at radius 3 is 2.18 bits per heavy atom. The van der Waals surface area contributed by atoms with Crippen LogP contribution in [0.4, 0.5) is 4.79 Å². The van der Waals surface area contributed by atoms with E-state index in [1.807, 2.05) is 0 Å². The molecule has 0 atom stereocenters. The average Bonchev–Trinajstić information content (AvgIpc) is 3.00. The third-order valence-corrected chi connectivity index (χ3v) is 10.3. The molecule has 1 aliphatic rings. The van der Waals surface area contributed by atoms with E-state index in [2.05, 4.69) is 0 Å². The molecule has 0 bridgehead atoms. The maximum absolute atomic E-state index is 12.2. The van der Waals surface area contributed by atoms with Gasteiger partial charge in [0.25, 0.3) is 0 Å². The molecule has 1 saturated heterocycles. The first-order valence-corrected chi connectivity index (χ1v) is 11.1. The molecule has 0 aromatic heterocycles. The van der Waals surface area contributed by atoms with Crippen LogP contribution in [0.1, 0.15) is 12.8 Å². The van der Waals surface area contributed by atoms with Crippen LogP contribution in [-0.4, -0.2) is 76.9 Å². The monoisotopic (exact) mass is 353 g/mol. The molecule has 1 rings (SSSR count). The molecule has 0 saturated carbocycles. The quantitative estimate of drug-likeness (QED) is 0.457. The average molecular weight is 354 g/mol. The van der Waals surface area contributed by atoms with Gasteiger partial charge in [-0.15, -0.1) is 0 Å². The summed E-state index contributed by atoms with van der Waals surface area (Å²) in [4.78, 5) is 12.2. The van der Waals surface area contributed by atoms with Gasteiger partial charge in [0.2, 0.25) is 0 Å². The second kappa shape index (κ2) is 8.96. The lowest BCUT2D eigenvalue weighted by atomic mass is 10.5. The molecule has 0 radical (unpaired) electrons. The Morgan fingerprint density at radius 1 is 1.09 bits per heavy atom. The van der Waals surface area contributed by atoms with Crippen molar-refractivity contribution in [2.75, 3.05) is 48.7 Å². The Morgan fingerprint density at radius 2 is 1.68 bits per heavy atom. The molecule has 1 amide bonds. The fourth-order valence-electron chi connectivity index (χ4n) is 2.59. The van der Waals surface area contributed by atoms with Crippen LogP contribution < -0.4 is 0 Å². The summed E-state index contributed by atoms with van der Waals surface area (Å²) in [5.74, 6) is 0. The number of amides is 1. The van der Waals surface area contributed by atoms with Crippen LogP contribution in [0.25, 0.3) is 0 Å². The highest BCUT2D eigenvalue weighted by atomic mass is 28.4. The van der Waals surface area contributed by atoms with Gasteiger partial charge in [0, 0.05) is 54.2 Å². The maximum Gasteiger partial charge on any atom is 0.500 e. The number of carbonyl (C=O) groups excluding carboxylic acids is 1. The Bertz CT molecular complexity index is 342. The van der Waals surface area contributed by atoms with Crippen LogP contribution in [0.15, 0.2) is 0 Å². The number of nitrogens with zero attached hydrogens (tertiary/aromatic N) is 1. The third kappa shape index (κ3) is 4.28. The Hall–Kier alpha value is -0.496. The molecular formula is C12H27NO7Si2. The van der Waals surface area contributed by atoms with E-state index >= 15 is 0 Å². The zero-order valence-electron chi connectivity index (χ0n) is 14.0. The van der Waals surface area contributed by atoms with E-state index in [1.54, 1.807) is 40.1 Å². The minimum Gasteiger partial charge on any atom is -0.450 e. The molecule has 8 nitrogen and oxygen atoms in total. The summed E-state index contributed by atoms with van der Waals surface area (Å²) in [6.45, 7) is 0.887. The lowest BCUT2D eigenvalue weighted by Crippen LogP contribution is -2.55. The largest absolute Gasteiger partial charge is 0.500 e. The molecule has 130 valence electrons. The molecule has 0 aliphatic carbocycles. The van der Waals surface area contributed by atoms with Gasteiger partial charge in [0.05, 0.1) is 6.61 Å². The van der Waals surface area contributed by atoms with E-state index in [4.69, 9.17) is 26.9 Å². The van der Waals surface area contributed by atoms with Gasteiger partial charge in [-0.1, -0.05) is 0 Å². The van der Waals surface area contributed by atoms with Crippen LogP contribution in [0.5, 0.6) is 0 Å². The predicted octanol–water partition coefficient (Wildman–Crippen LogP) is 1.33. The topological polar surface area (TPSA) is 75.7 Å². The van der Waals surface area contributed by atoms with Crippen LogP contribution >= 0.6 is 0 Å². The number of hydrogen-bond acceptors (Lipinski definition) is 7. The molecule has 0 aromatic carbocycles. The highest BCUT2D eigenvalue weighted by Gasteiger charge is 2.51. The fourth-order valence-corrected chi connectivity index (χ4v) is 7.01. The minimum absolute atomic E-state index is 0.276. The zero-order chi connectivity index (χ0) is 16.6. The predicted molar refractivity (Wildman–Crippen MR) is 83.5 cm³/mol. The van der Waals surface area contributed by atoms with Gasteiger partial charge in [-0.25, -0.2) is 4.79 Å². The van der Waals surface area contributed by atoms with E-state index in [-0.39, 0.29) is 12.7 Å². The molecular weight excluding hydrogens is 326 g/mol. The number of ether oxygens (including phenoxy) is 1. The molecule has 22 heavy (non-hydrogen) atoms. The van der Waals surface area contributed by atoms with E-state index in [0.717, 1.165) is 12.5 Å². The van der Waals surface area contributed by atoms with E-state index < -0.39 is 17.5 Å². The van der Waals surface area contributed by atoms with Gasteiger partial charge < -0.3 is 26.9 Å². The number of hydrogen-bond donors (Lipinski definition) is 0. The summed E-state index contributed by atoms with van der Waals surface area (Å²) >= 11 is 0. The first-order chi connectivity index (χ1) is 10.5. The van der Waals surface area contributed by atoms with Gasteiger partial charge in [-0.2, -0.15) is 0 Å². The van der Waals surface area contributed by atoms with Crippen LogP contribution in [0.3, 0.4) is 0 Å². The molecule has 1 aliphatic heterocycles. The number of carbonyl (C=O) groups is 1. The van der Waals surface area contributed by atoms with E-state index in [9.17, 15) is 4.79 Å². The van der Waals surface area contributed by atoms with Crippen molar-refractivity contribution in [2.45, 2.75) is 24.9 Å². The molecule has 1 heterocycles. The van der Waals surface area contributed by atoms with Crippen molar-refractivity contribution in [3.63, 3.8) is 0 Å². The van der Waals surface area contributed by atoms with Gasteiger partial charge >= 0.3 is 23.6 Å². The standard InChI is InChI=1S/C12H27NO7Si2/c1-15-21(16-2)10-6-8-13(21)12(14)20-9-7-11-22(17-3,18-4)19-5/h6-11H2,1-5H3. The van der Waals surface area contributed by atoms with Crippen molar-refractivity contribution in [1.82, 2.24) is 4.57 Å². The van der Waals surface area contributed by atoms with Crippen molar-refractivity contribution in [3.05, 3.63) is 0 Å². The zero-order valence-corrected chi connectivity index (χ0v) is 16.0.